The zero-order valence-corrected chi connectivity index (χ0v) is 19.1. The highest BCUT2D eigenvalue weighted by molar-refractivity contribution is 6.39. The first kappa shape index (κ1) is 23.8. The number of anilines is 1. The van der Waals surface area contributed by atoms with Crippen molar-refractivity contribution in [2.75, 3.05) is 11.9 Å². The molecule has 0 aliphatic carbocycles. The maximum Gasteiger partial charge on any atom is 0.329 e. The minimum Gasteiger partial charge on any atom is -0.490 e. The Bertz CT molecular complexity index is 1150. The van der Waals surface area contributed by atoms with Gasteiger partial charge in [0.2, 0.25) is 0 Å². The molecule has 0 bridgehead atoms. The van der Waals surface area contributed by atoms with Gasteiger partial charge in [0.1, 0.15) is 6.61 Å². The number of amides is 2. The average molecular weight is 466 g/mol. The fraction of sp³-hybridized carbons (Fsp3) is 0.160. The highest BCUT2D eigenvalue weighted by Crippen LogP contribution is 2.29. The molecule has 2 amide bonds. The molecular formula is C25H24ClN3O4. The Balaban J connectivity index is 1.59. The maximum absolute atomic E-state index is 12.1. The Hall–Kier alpha value is -3.84. The number of hydrogen-bond donors (Lipinski definition) is 2. The van der Waals surface area contributed by atoms with Gasteiger partial charge >= 0.3 is 11.8 Å². The van der Waals surface area contributed by atoms with Crippen LogP contribution in [0.3, 0.4) is 0 Å². The number of carbonyl (C=O) groups excluding carboxylic acids is 2. The van der Waals surface area contributed by atoms with Crippen LogP contribution in [0.2, 0.25) is 5.02 Å². The van der Waals surface area contributed by atoms with Crippen molar-refractivity contribution >= 4 is 35.3 Å². The van der Waals surface area contributed by atoms with Crippen molar-refractivity contribution in [1.82, 2.24) is 5.43 Å². The molecule has 0 heterocycles. The van der Waals surface area contributed by atoms with Crippen molar-refractivity contribution < 1.29 is 19.1 Å². The number of ether oxygens (including phenoxy) is 2. The highest BCUT2D eigenvalue weighted by atomic mass is 35.5. The predicted octanol–water partition coefficient (Wildman–Crippen LogP) is 4.71. The van der Waals surface area contributed by atoms with E-state index in [4.69, 9.17) is 21.1 Å². The Labute approximate surface area is 197 Å². The van der Waals surface area contributed by atoms with E-state index in [1.807, 2.05) is 37.3 Å². The van der Waals surface area contributed by atoms with Crippen molar-refractivity contribution in [3.63, 3.8) is 0 Å². The molecular weight excluding hydrogens is 442 g/mol. The van der Waals surface area contributed by atoms with E-state index < -0.39 is 11.8 Å². The number of nitrogens with one attached hydrogen (secondary N) is 2. The fourth-order valence-corrected chi connectivity index (χ4v) is 3.12. The summed E-state index contributed by atoms with van der Waals surface area (Å²) >= 11 is 5.90. The van der Waals surface area contributed by atoms with E-state index in [9.17, 15) is 9.59 Å². The van der Waals surface area contributed by atoms with Crippen molar-refractivity contribution in [3.8, 4) is 11.5 Å². The Kier molecular flexibility index (Phi) is 8.43. The molecule has 0 aliphatic rings. The van der Waals surface area contributed by atoms with Crippen LogP contribution in [0.25, 0.3) is 0 Å². The van der Waals surface area contributed by atoms with Crippen LogP contribution in [0, 0.1) is 6.92 Å². The molecule has 0 atom stereocenters. The summed E-state index contributed by atoms with van der Waals surface area (Å²) in [5.41, 5.74) is 5.16. The third-order valence-corrected chi connectivity index (χ3v) is 4.76. The highest BCUT2D eigenvalue weighted by Gasteiger charge is 2.14. The number of hydrazone groups is 1. The molecule has 0 saturated carbocycles. The molecule has 8 heteroatoms. The first-order valence-corrected chi connectivity index (χ1v) is 10.7. The van der Waals surface area contributed by atoms with Gasteiger partial charge in [0.05, 0.1) is 12.8 Å². The van der Waals surface area contributed by atoms with Gasteiger partial charge in [0, 0.05) is 10.7 Å². The summed E-state index contributed by atoms with van der Waals surface area (Å²) in [6, 6.07) is 20.1. The summed E-state index contributed by atoms with van der Waals surface area (Å²) in [6.45, 7) is 4.53. The molecule has 0 fully saturated rings. The van der Waals surface area contributed by atoms with Crippen molar-refractivity contribution in [3.05, 3.63) is 88.4 Å². The second-order valence-electron chi connectivity index (χ2n) is 7.03. The van der Waals surface area contributed by atoms with Crippen LogP contribution < -0.4 is 20.2 Å². The van der Waals surface area contributed by atoms with Gasteiger partial charge in [-0.1, -0.05) is 41.9 Å². The molecule has 7 nitrogen and oxygen atoms in total. The lowest BCUT2D eigenvalue weighted by atomic mass is 10.2. The van der Waals surface area contributed by atoms with E-state index in [2.05, 4.69) is 15.8 Å². The second-order valence-corrected chi connectivity index (χ2v) is 7.46. The quantitative estimate of drug-likeness (QED) is 0.286. The predicted molar refractivity (Wildman–Crippen MR) is 129 cm³/mol. The van der Waals surface area contributed by atoms with Gasteiger partial charge < -0.3 is 14.8 Å². The monoisotopic (exact) mass is 465 g/mol. The summed E-state index contributed by atoms with van der Waals surface area (Å²) < 4.78 is 11.5. The molecule has 3 aromatic carbocycles. The number of hydrogen-bond acceptors (Lipinski definition) is 5. The summed E-state index contributed by atoms with van der Waals surface area (Å²) in [5.74, 6) is -0.579. The lowest BCUT2D eigenvalue weighted by Gasteiger charge is -2.12. The van der Waals surface area contributed by atoms with Crippen LogP contribution in [0.15, 0.2) is 71.8 Å². The lowest BCUT2D eigenvalue weighted by molar-refractivity contribution is -0.136. The van der Waals surface area contributed by atoms with E-state index >= 15 is 0 Å². The zero-order chi connectivity index (χ0) is 23.6. The molecule has 0 aliphatic heterocycles. The van der Waals surface area contributed by atoms with Gasteiger partial charge in [-0.15, -0.1) is 0 Å². The van der Waals surface area contributed by atoms with Crippen molar-refractivity contribution in [2.24, 2.45) is 5.10 Å². The van der Waals surface area contributed by atoms with E-state index in [1.165, 1.54) is 6.21 Å². The normalized spacial score (nSPS) is 10.6. The molecule has 3 rings (SSSR count). The van der Waals surface area contributed by atoms with Crippen LogP contribution in [-0.4, -0.2) is 24.6 Å². The summed E-state index contributed by atoms with van der Waals surface area (Å²) in [4.78, 5) is 24.1. The van der Waals surface area contributed by atoms with Gasteiger partial charge in [0.25, 0.3) is 0 Å². The first-order chi connectivity index (χ1) is 16.0. The van der Waals surface area contributed by atoms with Crippen LogP contribution >= 0.6 is 11.6 Å². The number of halogens is 1. The number of aryl methyl sites for hydroxylation is 1. The minimum atomic E-state index is -0.895. The molecule has 3 aromatic rings. The molecule has 0 aromatic heterocycles. The van der Waals surface area contributed by atoms with Gasteiger partial charge in [-0.05, 0) is 66.9 Å². The Morgan fingerprint density at radius 3 is 2.48 bits per heavy atom. The Morgan fingerprint density at radius 2 is 1.76 bits per heavy atom. The molecule has 170 valence electrons. The number of nitrogens with zero attached hydrogens (tertiary/aromatic N) is 1. The summed E-state index contributed by atoms with van der Waals surface area (Å²) in [5, 5.41) is 6.93. The number of carbonyl (C=O) groups is 2. The molecule has 0 spiro atoms. The molecule has 0 saturated heterocycles. The molecule has 33 heavy (non-hydrogen) atoms. The SMILES string of the molecule is CCOc1cc(/C=N/NC(=O)C(=O)Nc2ccc(Cl)cc2C)ccc1OCc1ccccc1. The van der Waals surface area contributed by atoms with Gasteiger partial charge in [-0.2, -0.15) is 5.10 Å². The summed E-state index contributed by atoms with van der Waals surface area (Å²) in [6.07, 6.45) is 1.42. The van der Waals surface area contributed by atoms with Crippen LogP contribution in [0.4, 0.5) is 5.69 Å². The molecule has 2 N–H and O–H groups in total. The third kappa shape index (κ3) is 7.08. The van der Waals surface area contributed by atoms with E-state index in [0.29, 0.717) is 41.0 Å². The average Bonchev–Trinajstić information content (AvgIpc) is 2.81. The number of benzene rings is 3. The molecule has 0 unspecified atom stereocenters. The largest absolute Gasteiger partial charge is 0.490 e. The van der Waals surface area contributed by atoms with E-state index in [0.717, 1.165) is 11.1 Å². The van der Waals surface area contributed by atoms with E-state index in [1.54, 1.807) is 43.3 Å². The van der Waals surface area contributed by atoms with Gasteiger partial charge in [0.15, 0.2) is 11.5 Å². The van der Waals surface area contributed by atoms with Crippen molar-refractivity contribution in [1.29, 1.82) is 0 Å². The lowest BCUT2D eigenvalue weighted by Crippen LogP contribution is -2.32. The standard InChI is InChI=1S/C25H24ClN3O4/c1-3-32-23-14-19(9-12-22(23)33-16-18-7-5-4-6-8-18)15-27-29-25(31)24(30)28-21-11-10-20(26)13-17(21)2/h4-15H,3,16H2,1-2H3,(H,28,30)(H,29,31)/b27-15+. The van der Waals surface area contributed by atoms with Crippen LogP contribution in [0.5, 0.6) is 11.5 Å². The molecule has 0 radical (unpaired) electrons. The maximum atomic E-state index is 12.1. The third-order valence-electron chi connectivity index (χ3n) is 4.53. The zero-order valence-electron chi connectivity index (χ0n) is 18.3. The smallest absolute Gasteiger partial charge is 0.329 e. The summed E-state index contributed by atoms with van der Waals surface area (Å²) in [7, 11) is 0. The van der Waals surface area contributed by atoms with Crippen LogP contribution in [0.1, 0.15) is 23.6 Å². The minimum absolute atomic E-state index is 0.409. The van der Waals surface area contributed by atoms with Crippen LogP contribution in [-0.2, 0) is 16.2 Å². The Morgan fingerprint density at radius 1 is 0.970 bits per heavy atom. The fourth-order valence-electron chi connectivity index (χ4n) is 2.89. The van der Waals surface area contributed by atoms with E-state index in [-0.39, 0.29) is 0 Å². The van der Waals surface area contributed by atoms with Gasteiger partial charge in [-0.3, -0.25) is 9.59 Å². The topological polar surface area (TPSA) is 89.0 Å². The second kappa shape index (κ2) is 11.7. The first-order valence-electron chi connectivity index (χ1n) is 10.3. The van der Waals surface area contributed by atoms with Gasteiger partial charge in [-0.25, -0.2) is 5.43 Å². The van der Waals surface area contributed by atoms with Crippen molar-refractivity contribution in [2.45, 2.75) is 20.5 Å². The number of rotatable bonds is 8.